The Balaban J connectivity index is 1.69. The van der Waals surface area contributed by atoms with Crippen molar-refractivity contribution in [2.24, 2.45) is 0 Å². The van der Waals surface area contributed by atoms with Gasteiger partial charge in [0.15, 0.2) is 11.0 Å². The van der Waals surface area contributed by atoms with Crippen LogP contribution in [0.5, 0.6) is 5.75 Å². The molecule has 7 heteroatoms. The first-order valence-corrected chi connectivity index (χ1v) is 10.5. The molecular formula is C23H19N5OS. The molecule has 0 amide bonds. The maximum Gasteiger partial charge on any atom is 0.196 e. The summed E-state index contributed by atoms with van der Waals surface area (Å²) in [6.45, 7) is 2.58. The summed E-state index contributed by atoms with van der Waals surface area (Å²) < 4.78 is 7.59. The Morgan fingerprint density at radius 3 is 2.67 bits per heavy atom. The van der Waals surface area contributed by atoms with Gasteiger partial charge in [0.25, 0.3) is 0 Å². The lowest BCUT2D eigenvalue weighted by Crippen LogP contribution is -2.00. The number of hydrogen-bond donors (Lipinski definition) is 0. The van der Waals surface area contributed by atoms with Crippen LogP contribution in [0.3, 0.4) is 0 Å². The molecule has 0 fully saturated rings. The van der Waals surface area contributed by atoms with Crippen LogP contribution in [0.25, 0.3) is 17.1 Å². The van der Waals surface area contributed by atoms with Gasteiger partial charge in [-0.2, -0.15) is 5.26 Å². The quantitative estimate of drug-likeness (QED) is 0.402. The third-order valence-corrected chi connectivity index (χ3v) is 5.38. The van der Waals surface area contributed by atoms with Gasteiger partial charge >= 0.3 is 0 Å². The minimum Gasteiger partial charge on any atom is -0.494 e. The lowest BCUT2D eigenvalue weighted by Gasteiger charge is -2.11. The lowest BCUT2D eigenvalue weighted by molar-refractivity contribution is 0.340. The maximum atomic E-state index is 9.13. The fraction of sp³-hybridized carbons (Fsp3) is 0.130. The molecule has 148 valence electrons. The average Bonchev–Trinajstić information content (AvgIpc) is 3.23. The number of ether oxygens (including phenoxy) is 1. The van der Waals surface area contributed by atoms with Gasteiger partial charge in [-0.15, -0.1) is 10.2 Å². The van der Waals surface area contributed by atoms with Crippen molar-refractivity contribution in [3.63, 3.8) is 0 Å². The fourth-order valence-corrected chi connectivity index (χ4v) is 3.91. The van der Waals surface area contributed by atoms with Gasteiger partial charge < -0.3 is 4.74 Å². The summed E-state index contributed by atoms with van der Waals surface area (Å²) in [5.74, 6) is 2.22. The largest absolute Gasteiger partial charge is 0.494 e. The van der Waals surface area contributed by atoms with E-state index in [1.54, 1.807) is 30.2 Å². The van der Waals surface area contributed by atoms with Crippen LogP contribution >= 0.6 is 11.8 Å². The first-order chi connectivity index (χ1) is 14.8. The maximum absolute atomic E-state index is 9.13. The van der Waals surface area contributed by atoms with E-state index in [-0.39, 0.29) is 0 Å². The minimum absolute atomic E-state index is 0.621. The molecule has 0 saturated carbocycles. The Morgan fingerprint density at radius 2 is 1.93 bits per heavy atom. The predicted octanol–water partition coefficient (Wildman–Crippen LogP) is 4.89. The standard InChI is InChI=1S/C23H19N5OS/c1-2-29-21-10-8-20(9-11-21)28-22(19-7-4-12-25-15-19)26-27-23(28)30-16-18-6-3-5-17(13-18)14-24/h3-13,15H,2,16H2,1H3. The molecule has 0 bridgehead atoms. The second-order valence-electron chi connectivity index (χ2n) is 6.41. The number of hydrogen-bond acceptors (Lipinski definition) is 6. The van der Waals surface area contributed by atoms with E-state index >= 15 is 0 Å². The van der Waals surface area contributed by atoms with Crippen LogP contribution < -0.4 is 4.74 Å². The van der Waals surface area contributed by atoms with Crippen LogP contribution in [0.2, 0.25) is 0 Å². The van der Waals surface area contributed by atoms with E-state index in [9.17, 15) is 0 Å². The predicted molar refractivity (Wildman–Crippen MR) is 116 cm³/mol. The molecule has 4 rings (SSSR count). The van der Waals surface area contributed by atoms with Crippen molar-refractivity contribution in [2.75, 3.05) is 6.61 Å². The molecule has 0 aliphatic carbocycles. The molecular weight excluding hydrogens is 394 g/mol. The van der Waals surface area contributed by atoms with Gasteiger partial charge in [0, 0.05) is 29.4 Å². The van der Waals surface area contributed by atoms with Crippen LogP contribution in [-0.4, -0.2) is 26.4 Å². The van der Waals surface area contributed by atoms with Gasteiger partial charge in [0.2, 0.25) is 0 Å². The number of rotatable bonds is 7. The van der Waals surface area contributed by atoms with Gasteiger partial charge in [-0.3, -0.25) is 9.55 Å². The molecule has 30 heavy (non-hydrogen) atoms. The third-order valence-electron chi connectivity index (χ3n) is 4.38. The highest BCUT2D eigenvalue weighted by molar-refractivity contribution is 7.98. The summed E-state index contributed by atoms with van der Waals surface area (Å²) in [5.41, 5.74) is 3.54. The molecule has 0 spiro atoms. The van der Waals surface area contributed by atoms with Crippen molar-refractivity contribution in [3.05, 3.63) is 84.2 Å². The molecule has 0 aliphatic rings. The van der Waals surface area contributed by atoms with E-state index < -0.39 is 0 Å². The summed E-state index contributed by atoms with van der Waals surface area (Å²) in [6.07, 6.45) is 3.51. The topological polar surface area (TPSA) is 76.6 Å². The Bertz CT molecular complexity index is 1170. The van der Waals surface area contributed by atoms with Gasteiger partial charge in [0.05, 0.1) is 18.2 Å². The Hall–Kier alpha value is -3.63. The smallest absolute Gasteiger partial charge is 0.196 e. The van der Waals surface area contributed by atoms with Crippen molar-refractivity contribution >= 4 is 11.8 Å². The van der Waals surface area contributed by atoms with E-state index in [0.717, 1.165) is 33.5 Å². The lowest BCUT2D eigenvalue weighted by atomic mass is 10.2. The van der Waals surface area contributed by atoms with Gasteiger partial charge in [-0.1, -0.05) is 23.9 Å². The number of thioether (sulfide) groups is 1. The zero-order valence-electron chi connectivity index (χ0n) is 16.4. The van der Waals surface area contributed by atoms with Crippen LogP contribution in [0.15, 0.2) is 78.2 Å². The Labute approximate surface area is 179 Å². The molecule has 6 nitrogen and oxygen atoms in total. The average molecular weight is 414 g/mol. The molecule has 0 radical (unpaired) electrons. The highest BCUT2D eigenvalue weighted by Crippen LogP contribution is 2.30. The Kier molecular flexibility index (Phi) is 6.06. The zero-order valence-corrected chi connectivity index (χ0v) is 17.2. The molecule has 0 atom stereocenters. The number of nitrogens with zero attached hydrogens (tertiary/aromatic N) is 5. The minimum atomic E-state index is 0.621. The molecule has 0 aliphatic heterocycles. The van der Waals surface area contributed by atoms with Crippen LogP contribution in [-0.2, 0) is 5.75 Å². The molecule has 2 heterocycles. The molecule has 4 aromatic rings. The number of benzene rings is 2. The highest BCUT2D eigenvalue weighted by atomic mass is 32.2. The first kappa shape index (κ1) is 19.7. The first-order valence-electron chi connectivity index (χ1n) is 9.49. The van der Waals surface area contributed by atoms with Crippen molar-refractivity contribution in [1.82, 2.24) is 19.7 Å². The van der Waals surface area contributed by atoms with Crippen molar-refractivity contribution in [2.45, 2.75) is 17.8 Å². The third kappa shape index (κ3) is 4.34. The zero-order chi connectivity index (χ0) is 20.8. The van der Waals surface area contributed by atoms with Crippen molar-refractivity contribution in [3.8, 4) is 28.9 Å². The molecule has 2 aromatic carbocycles. The highest BCUT2D eigenvalue weighted by Gasteiger charge is 2.16. The second kappa shape index (κ2) is 9.25. The van der Waals surface area contributed by atoms with Gasteiger partial charge in [-0.05, 0) is 61.0 Å². The molecule has 2 aromatic heterocycles. The van der Waals surface area contributed by atoms with Gasteiger partial charge in [0.1, 0.15) is 5.75 Å². The van der Waals surface area contributed by atoms with E-state index in [4.69, 9.17) is 10.00 Å². The molecule has 0 N–H and O–H groups in total. The van der Waals surface area contributed by atoms with E-state index in [1.807, 2.05) is 66.1 Å². The van der Waals surface area contributed by atoms with E-state index in [1.165, 1.54) is 0 Å². The summed E-state index contributed by atoms with van der Waals surface area (Å²) in [5, 5.41) is 18.8. The molecule has 0 unspecified atom stereocenters. The SMILES string of the molecule is CCOc1ccc(-n2c(SCc3cccc(C#N)c3)nnc2-c2cccnc2)cc1. The fourth-order valence-electron chi connectivity index (χ4n) is 3.01. The van der Waals surface area contributed by atoms with E-state index in [2.05, 4.69) is 21.3 Å². The van der Waals surface area contributed by atoms with Crippen LogP contribution in [0, 0.1) is 11.3 Å². The normalized spacial score (nSPS) is 10.5. The summed E-state index contributed by atoms with van der Waals surface area (Å²) in [6, 6.07) is 21.5. The monoisotopic (exact) mass is 413 g/mol. The Morgan fingerprint density at radius 1 is 1.07 bits per heavy atom. The van der Waals surface area contributed by atoms with Crippen molar-refractivity contribution < 1.29 is 4.74 Å². The summed E-state index contributed by atoms with van der Waals surface area (Å²) in [4.78, 5) is 4.22. The molecule has 0 saturated heterocycles. The van der Waals surface area contributed by atoms with Crippen LogP contribution in [0.1, 0.15) is 18.1 Å². The second-order valence-corrected chi connectivity index (χ2v) is 7.35. The van der Waals surface area contributed by atoms with Crippen LogP contribution in [0.4, 0.5) is 0 Å². The number of pyridine rings is 1. The van der Waals surface area contributed by atoms with Crippen molar-refractivity contribution in [1.29, 1.82) is 5.26 Å². The summed E-state index contributed by atoms with van der Waals surface area (Å²) >= 11 is 1.57. The number of nitriles is 1. The van der Waals surface area contributed by atoms with E-state index in [0.29, 0.717) is 17.9 Å². The number of aromatic nitrogens is 4. The summed E-state index contributed by atoms with van der Waals surface area (Å²) in [7, 11) is 0. The van der Waals surface area contributed by atoms with Gasteiger partial charge in [-0.25, -0.2) is 0 Å².